The quantitative estimate of drug-likeness (QED) is 0.771. The molecule has 1 aliphatic heterocycles. The first-order valence-electron chi connectivity index (χ1n) is 6.18. The molecule has 1 saturated heterocycles. The van der Waals surface area contributed by atoms with E-state index in [4.69, 9.17) is 21.1 Å². The van der Waals surface area contributed by atoms with Crippen LogP contribution < -0.4 is 0 Å². The molecule has 3 nitrogen and oxygen atoms in total. The van der Waals surface area contributed by atoms with Gasteiger partial charge in [-0.15, -0.1) is 0 Å². The lowest BCUT2D eigenvalue weighted by atomic mass is 9.93. The van der Waals surface area contributed by atoms with Crippen molar-refractivity contribution in [2.24, 2.45) is 0 Å². The maximum atomic E-state index is 11.5. The Morgan fingerprint density at radius 1 is 1.44 bits per heavy atom. The summed E-state index contributed by atoms with van der Waals surface area (Å²) in [5.41, 5.74) is 1.53. The van der Waals surface area contributed by atoms with Crippen molar-refractivity contribution in [1.82, 2.24) is 0 Å². The molecule has 2 rings (SSSR count). The molecule has 0 aromatic heterocycles. The van der Waals surface area contributed by atoms with Crippen LogP contribution in [0.25, 0.3) is 0 Å². The second kappa shape index (κ2) is 6.21. The van der Waals surface area contributed by atoms with Gasteiger partial charge >= 0.3 is 5.97 Å². The van der Waals surface area contributed by atoms with Gasteiger partial charge in [0.1, 0.15) is 0 Å². The third-order valence-corrected chi connectivity index (χ3v) is 3.61. The standard InChI is InChI=1S/C14H17ClO3/c1-17-14(16)10-5-6-13(15)12(8-10)11-4-2-3-7-18-9-11/h5-6,8,11H,2-4,7,9H2,1H3. The molecule has 0 aliphatic carbocycles. The average Bonchev–Trinajstić information content (AvgIpc) is 2.67. The van der Waals surface area contributed by atoms with Gasteiger partial charge in [-0.25, -0.2) is 4.79 Å². The Morgan fingerprint density at radius 2 is 2.28 bits per heavy atom. The molecule has 0 saturated carbocycles. The summed E-state index contributed by atoms with van der Waals surface area (Å²) >= 11 is 6.22. The molecule has 1 aromatic rings. The van der Waals surface area contributed by atoms with Crippen LogP contribution in [0.4, 0.5) is 0 Å². The summed E-state index contributed by atoms with van der Waals surface area (Å²) in [6.07, 6.45) is 3.26. The molecule has 0 radical (unpaired) electrons. The van der Waals surface area contributed by atoms with Crippen molar-refractivity contribution < 1.29 is 14.3 Å². The van der Waals surface area contributed by atoms with Crippen molar-refractivity contribution in [1.29, 1.82) is 0 Å². The Morgan fingerprint density at radius 3 is 3.06 bits per heavy atom. The van der Waals surface area contributed by atoms with Crippen LogP contribution in [0.1, 0.15) is 41.1 Å². The fourth-order valence-corrected chi connectivity index (χ4v) is 2.52. The lowest BCUT2D eigenvalue weighted by Gasteiger charge is -2.16. The monoisotopic (exact) mass is 268 g/mol. The predicted octanol–water partition coefficient (Wildman–Crippen LogP) is 3.41. The van der Waals surface area contributed by atoms with Crippen molar-refractivity contribution in [2.75, 3.05) is 20.3 Å². The molecular weight excluding hydrogens is 252 g/mol. The molecule has 0 amide bonds. The zero-order valence-corrected chi connectivity index (χ0v) is 11.2. The zero-order chi connectivity index (χ0) is 13.0. The summed E-state index contributed by atoms with van der Waals surface area (Å²) in [4.78, 5) is 11.5. The first-order chi connectivity index (χ1) is 8.72. The predicted molar refractivity (Wildman–Crippen MR) is 70.2 cm³/mol. The van der Waals surface area contributed by atoms with Crippen molar-refractivity contribution in [2.45, 2.75) is 25.2 Å². The van der Waals surface area contributed by atoms with Crippen molar-refractivity contribution >= 4 is 17.6 Å². The SMILES string of the molecule is COC(=O)c1ccc(Cl)c(C2CCCCOC2)c1. The number of ether oxygens (including phenoxy) is 2. The minimum absolute atomic E-state index is 0.268. The van der Waals surface area contributed by atoms with Gasteiger partial charge in [0.2, 0.25) is 0 Å². The van der Waals surface area contributed by atoms with Gasteiger partial charge in [-0.1, -0.05) is 18.0 Å². The number of methoxy groups -OCH3 is 1. The van der Waals surface area contributed by atoms with Crippen LogP contribution in [-0.4, -0.2) is 26.3 Å². The van der Waals surface area contributed by atoms with E-state index in [0.717, 1.165) is 31.4 Å². The van der Waals surface area contributed by atoms with E-state index in [1.54, 1.807) is 12.1 Å². The minimum atomic E-state index is -0.331. The fourth-order valence-electron chi connectivity index (χ4n) is 2.25. The van der Waals surface area contributed by atoms with Crippen LogP contribution in [0.2, 0.25) is 5.02 Å². The lowest BCUT2D eigenvalue weighted by molar-refractivity contribution is 0.0600. The first-order valence-corrected chi connectivity index (χ1v) is 6.55. The van der Waals surface area contributed by atoms with Crippen LogP contribution >= 0.6 is 11.6 Å². The summed E-state index contributed by atoms with van der Waals surface area (Å²) in [5.74, 6) is -0.0629. The highest BCUT2D eigenvalue weighted by Crippen LogP contribution is 2.31. The molecule has 1 heterocycles. The summed E-state index contributed by atoms with van der Waals surface area (Å²) in [5, 5.41) is 0.693. The Bertz CT molecular complexity index is 423. The van der Waals surface area contributed by atoms with Crippen LogP contribution in [0.15, 0.2) is 18.2 Å². The van der Waals surface area contributed by atoms with Crippen LogP contribution in [-0.2, 0) is 9.47 Å². The molecule has 1 fully saturated rings. The van der Waals surface area contributed by atoms with E-state index < -0.39 is 0 Å². The van der Waals surface area contributed by atoms with Gasteiger partial charge in [-0.05, 0) is 36.6 Å². The number of esters is 1. The van der Waals surface area contributed by atoms with E-state index in [9.17, 15) is 4.79 Å². The van der Waals surface area contributed by atoms with Gasteiger partial charge in [0.25, 0.3) is 0 Å². The molecule has 1 atom stereocenters. The molecule has 0 bridgehead atoms. The summed E-state index contributed by atoms with van der Waals surface area (Å²) in [6, 6.07) is 5.27. The largest absolute Gasteiger partial charge is 0.465 e. The molecule has 0 spiro atoms. The highest BCUT2D eigenvalue weighted by Gasteiger charge is 2.19. The minimum Gasteiger partial charge on any atom is -0.465 e. The number of rotatable bonds is 2. The molecule has 0 N–H and O–H groups in total. The normalized spacial score (nSPS) is 20.2. The second-order valence-corrected chi connectivity index (χ2v) is 4.90. The number of hydrogen-bond donors (Lipinski definition) is 0. The molecule has 18 heavy (non-hydrogen) atoms. The first kappa shape index (κ1) is 13.4. The van der Waals surface area contributed by atoms with Crippen molar-refractivity contribution in [3.8, 4) is 0 Å². The molecule has 1 aliphatic rings. The van der Waals surface area contributed by atoms with E-state index in [2.05, 4.69) is 0 Å². The molecular formula is C14H17ClO3. The second-order valence-electron chi connectivity index (χ2n) is 4.50. The summed E-state index contributed by atoms with van der Waals surface area (Å²) in [6.45, 7) is 1.48. The summed E-state index contributed by atoms with van der Waals surface area (Å²) in [7, 11) is 1.38. The molecule has 1 aromatic carbocycles. The molecule has 1 unspecified atom stereocenters. The van der Waals surface area contributed by atoms with E-state index in [1.165, 1.54) is 7.11 Å². The zero-order valence-electron chi connectivity index (χ0n) is 10.4. The number of carbonyl (C=O) groups is 1. The fraction of sp³-hybridized carbons (Fsp3) is 0.500. The van der Waals surface area contributed by atoms with Crippen LogP contribution in [0.5, 0.6) is 0 Å². The van der Waals surface area contributed by atoms with Gasteiger partial charge in [-0.2, -0.15) is 0 Å². The van der Waals surface area contributed by atoms with E-state index in [0.29, 0.717) is 17.2 Å². The van der Waals surface area contributed by atoms with Gasteiger partial charge in [0.15, 0.2) is 0 Å². The summed E-state index contributed by atoms with van der Waals surface area (Å²) < 4.78 is 10.3. The molecule has 4 heteroatoms. The van der Waals surface area contributed by atoms with Gasteiger partial charge in [0.05, 0.1) is 19.3 Å². The highest BCUT2D eigenvalue weighted by atomic mass is 35.5. The van der Waals surface area contributed by atoms with Gasteiger partial charge in [-0.3, -0.25) is 0 Å². The maximum absolute atomic E-state index is 11.5. The third kappa shape index (κ3) is 3.03. The Balaban J connectivity index is 2.27. The van der Waals surface area contributed by atoms with E-state index in [-0.39, 0.29) is 11.9 Å². The lowest BCUT2D eigenvalue weighted by Crippen LogP contribution is -2.08. The van der Waals surface area contributed by atoms with Crippen LogP contribution in [0.3, 0.4) is 0 Å². The third-order valence-electron chi connectivity index (χ3n) is 3.27. The molecule has 98 valence electrons. The Labute approximate surface area is 112 Å². The number of carbonyl (C=O) groups excluding carboxylic acids is 1. The van der Waals surface area contributed by atoms with Gasteiger partial charge in [0, 0.05) is 17.5 Å². The maximum Gasteiger partial charge on any atom is 0.337 e. The Kier molecular flexibility index (Phi) is 4.61. The smallest absolute Gasteiger partial charge is 0.337 e. The number of benzene rings is 1. The van der Waals surface area contributed by atoms with E-state index >= 15 is 0 Å². The van der Waals surface area contributed by atoms with Gasteiger partial charge < -0.3 is 9.47 Å². The number of halogens is 1. The van der Waals surface area contributed by atoms with Crippen LogP contribution in [0, 0.1) is 0 Å². The topological polar surface area (TPSA) is 35.5 Å². The highest BCUT2D eigenvalue weighted by molar-refractivity contribution is 6.31. The number of hydrogen-bond acceptors (Lipinski definition) is 3. The Hall–Kier alpha value is -1.06. The average molecular weight is 269 g/mol. The van der Waals surface area contributed by atoms with E-state index in [1.807, 2.05) is 6.07 Å². The van der Waals surface area contributed by atoms with Crippen molar-refractivity contribution in [3.05, 3.63) is 34.3 Å². The van der Waals surface area contributed by atoms with Crippen molar-refractivity contribution in [3.63, 3.8) is 0 Å².